The van der Waals surface area contributed by atoms with E-state index >= 15 is 0 Å². The fraction of sp³-hybridized carbons (Fsp3) is 0.957. The number of likely N-dealkylation sites (N-methyl/N-ethyl adjacent to an activating group) is 1. The highest BCUT2D eigenvalue weighted by Crippen LogP contribution is 2.43. The first-order valence-corrected chi connectivity index (χ1v) is 25.0. The average Bonchev–Trinajstić information content (AvgIpc) is 3.12. The van der Waals surface area contributed by atoms with Gasteiger partial charge in [0, 0.05) is 18.9 Å². The summed E-state index contributed by atoms with van der Waals surface area (Å²) in [4.78, 5) is 35.3. The number of nitrogens with one attached hydrogen (secondary N) is 1. The molecular weight excluding hydrogens is 737 g/mol. The van der Waals surface area contributed by atoms with E-state index in [0.717, 1.165) is 68.5 Å². The van der Waals surface area contributed by atoms with Crippen molar-refractivity contribution < 1.29 is 37.6 Å². The Balaban J connectivity index is 4.80. The molecule has 0 spiro atoms. The molecule has 0 radical (unpaired) electrons. The van der Waals surface area contributed by atoms with Crippen molar-refractivity contribution in [2.24, 2.45) is 53.3 Å². The van der Waals surface area contributed by atoms with Crippen LogP contribution in [0, 0.1) is 53.3 Å². The first-order chi connectivity index (χ1) is 27.0. The van der Waals surface area contributed by atoms with Crippen LogP contribution in [-0.2, 0) is 32.7 Å². The van der Waals surface area contributed by atoms with Gasteiger partial charge in [-0.2, -0.15) is 0 Å². The first kappa shape index (κ1) is 56.2. The summed E-state index contributed by atoms with van der Waals surface area (Å²) in [6.07, 6.45) is 22.3. The summed E-state index contributed by atoms with van der Waals surface area (Å²) in [5.41, 5.74) is 0. The fourth-order valence-corrected chi connectivity index (χ4v) is 8.41. The molecule has 0 aliphatic rings. The van der Waals surface area contributed by atoms with E-state index in [-0.39, 0.29) is 50.6 Å². The van der Waals surface area contributed by atoms with E-state index in [2.05, 4.69) is 74.6 Å². The van der Waals surface area contributed by atoms with E-state index in [1.165, 1.54) is 77.0 Å². The summed E-state index contributed by atoms with van der Waals surface area (Å²) >= 11 is 0. The van der Waals surface area contributed by atoms with Crippen molar-refractivity contribution in [2.45, 2.75) is 197 Å². The van der Waals surface area contributed by atoms with Crippen molar-refractivity contribution in [1.82, 2.24) is 5.32 Å². The first-order valence-electron chi connectivity index (χ1n) is 23.5. The van der Waals surface area contributed by atoms with E-state index < -0.39 is 19.9 Å². The molecule has 0 aromatic carbocycles. The summed E-state index contributed by atoms with van der Waals surface area (Å²) < 4.78 is 34.4. The van der Waals surface area contributed by atoms with Gasteiger partial charge in [0.25, 0.3) is 0 Å². The SMILES string of the molecule is CNCCOP(=O)(O)OCC(COCC(C=O)C(C)CCCC(C)CCCC(C)CCCC(C)C)OC(=O)CC(C)CCCC(C)CCCC(C)CCCC(C)C. The number of phosphoric acid groups is 1. The quantitative estimate of drug-likeness (QED) is 0.0269. The lowest BCUT2D eigenvalue weighted by molar-refractivity contribution is -0.156. The van der Waals surface area contributed by atoms with Crippen LogP contribution in [-0.4, -0.2) is 63.3 Å². The molecule has 0 rings (SSSR count). The minimum absolute atomic E-state index is 0.00557. The van der Waals surface area contributed by atoms with Gasteiger partial charge in [0.05, 0.1) is 26.4 Å². The van der Waals surface area contributed by atoms with Gasteiger partial charge in [0.1, 0.15) is 12.4 Å². The highest BCUT2D eigenvalue weighted by molar-refractivity contribution is 7.47. The molecule has 0 aromatic rings. The molecule has 340 valence electrons. The van der Waals surface area contributed by atoms with Crippen LogP contribution in [0.5, 0.6) is 0 Å². The second-order valence-electron chi connectivity index (χ2n) is 19.2. The Bertz CT molecular complexity index is 1010. The number of rotatable bonds is 40. The number of phosphoric ester groups is 1. The molecule has 0 saturated carbocycles. The molecule has 9 nitrogen and oxygen atoms in total. The third-order valence-electron chi connectivity index (χ3n) is 11.9. The Labute approximate surface area is 352 Å². The Hall–Kier alpha value is -0.830. The number of hydrogen-bond acceptors (Lipinski definition) is 8. The molecule has 0 bridgehead atoms. The van der Waals surface area contributed by atoms with E-state index in [1.807, 2.05) is 0 Å². The Morgan fingerprint density at radius 2 is 1.02 bits per heavy atom. The van der Waals surface area contributed by atoms with Gasteiger partial charge in [-0.3, -0.25) is 13.8 Å². The van der Waals surface area contributed by atoms with E-state index in [1.54, 1.807) is 7.05 Å². The van der Waals surface area contributed by atoms with Crippen LogP contribution in [0.15, 0.2) is 0 Å². The smallest absolute Gasteiger partial charge is 0.457 e. The van der Waals surface area contributed by atoms with Crippen LogP contribution < -0.4 is 5.32 Å². The lowest BCUT2D eigenvalue weighted by Crippen LogP contribution is -2.31. The van der Waals surface area contributed by atoms with Crippen molar-refractivity contribution in [3.05, 3.63) is 0 Å². The largest absolute Gasteiger partial charge is 0.472 e. The zero-order valence-electron chi connectivity index (χ0n) is 39.1. The summed E-state index contributed by atoms with van der Waals surface area (Å²) in [5.74, 6) is 4.14. The Morgan fingerprint density at radius 3 is 1.44 bits per heavy atom. The van der Waals surface area contributed by atoms with E-state index in [4.69, 9.17) is 18.5 Å². The lowest BCUT2D eigenvalue weighted by Gasteiger charge is -2.23. The van der Waals surface area contributed by atoms with Gasteiger partial charge in [-0.1, -0.05) is 178 Å². The summed E-state index contributed by atoms with van der Waals surface area (Å²) in [6, 6.07) is 0. The molecule has 57 heavy (non-hydrogen) atoms. The molecule has 0 heterocycles. The predicted octanol–water partition coefficient (Wildman–Crippen LogP) is 12.6. The zero-order valence-corrected chi connectivity index (χ0v) is 40.0. The number of ether oxygens (including phenoxy) is 2. The Kier molecular flexibility index (Phi) is 34.3. The number of aldehydes is 1. The highest BCUT2D eigenvalue weighted by atomic mass is 31.2. The summed E-state index contributed by atoms with van der Waals surface area (Å²) in [7, 11) is -2.64. The van der Waals surface area contributed by atoms with Crippen LogP contribution in [0.1, 0.15) is 191 Å². The minimum atomic E-state index is -4.35. The topological polar surface area (TPSA) is 120 Å². The molecule has 0 aromatic heterocycles. The molecule has 0 amide bonds. The van der Waals surface area contributed by atoms with E-state index in [0.29, 0.717) is 18.4 Å². The van der Waals surface area contributed by atoms with Crippen LogP contribution >= 0.6 is 7.82 Å². The van der Waals surface area contributed by atoms with Gasteiger partial charge in [-0.05, 0) is 60.8 Å². The zero-order chi connectivity index (χ0) is 43.1. The second-order valence-corrected chi connectivity index (χ2v) is 20.7. The maximum absolute atomic E-state index is 13.1. The van der Waals surface area contributed by atoms with Crippen molar-refractivity contribution in [2.75, 3.05) is 40.0 Å². The van der Waals surface area contributed by atoms with Crippen LogP contribution in [0.4, 0.5) is 0 Å². The van der Waals surface area contributed by atoms with Crippen LogP contribution in [0.2, 0.25) is 0 Å². The number of carbonyl (C=O) groups is 2. The van der Waals surface area contributed by atoms with Gasteiger partial charge in [0.15, 0.2) is 0 Å². The highest BCUT2D eigenvalue weighted by Gasteiger charge is 2.27. The molecule has 0 aliphatic heterocycles. The number of carbonyl (C=O) groups excluding carboxylic acids is 2. The number of hydrogen-bond donors (Lipinski definition) is 2. The van der Waals surface area contributed by atoms with Gasteiger partial charge >= 0.3 is 13.8 Å². The predicted molar refractivity (Wildman–Crippen MR) is 238 cm³/mol. The fourth-order valence-electron chi connectivity index (χ4n) is 7.66. The van der Waals surface area contributed by atoms with Crippen molar-refractivity contribution in [1.29, 1.82) is 0 Å². The van der Waals surface area contributed by atoms with Crippen molar-refractivity contribution in [3.63, 3.8) is 0 Å². The summed E-state index contributed by atoms with van der Waals surface area (Å²) in [5, 5.41) is 2.85. The molecule has 9 atom stereocenters. The summed E-state index contributed by atoms with van der Waals surface area (Å²) in [6.45, 7) is 23.0. The second kappa shape index (κ2) is 34.8. The maximum Gasteiger partial charge on any atom is 0.472 e. The molecule has 2 N–H and O–H groups in total. The Morgan fingerprint density at radius 1 is 0.596 bits per heavy atom. The lowest BCUT2D eigenvalue weighted by atomic mass is 9.88. The van der Waals surface area contributed by atoms with Crippen LogP contribution in [0.3, 0.4) is 0 Å². The van der Waals surface area contributed by atoms with Crippen molar-refractivity contribution >= 4 is 20.1 Å². The standard InChI is InChI=1S/C47H94NO8P/c1-37(2)18-12-20-39(5)22-14-24-41(7)26-16-28-43(9)32-47(50)56-46(36-55-57(51,52)54-31-30-48-11)35-53-34-45(33-49)44(10)29-17-27-42(8)25-15-23-40(6)21-13-19-38(3)4/h33,37-46,48H,12-32,34-36H2,1-11H3,(H,51,52). The average molecular weight is 832 g/mol. The minimum Gasteiger partial charge on any atom is -0.457 e. The van der Waals surface area contributed by atoms with Crippen LogP contribution in [0.25, 0.3) is 0 Å². The van der Waals surface area contributed by atoms with E-state index in [9.17, 15) is 19.0 Å². The maximum atomic E-state index is 13.1. The molecule has 0 fully saturated rings. The third-order valence-corrected chi connectivity index (χ3v) is 12.8. The molecule has 0 saturated heterocycles. The molecule has 0 aliphatic carbocycles. The molecule has 9 unspecified atom stereocenters. The monoisotopic (exact) mass is 832 g/mol. The van der Waals surface area contributed by atoms with Gasteiger partial charge in [0.2, 0.25) is 0 Å². The van der Waals surface area contributed by atoms with Gasteiger partial charge < -0.3 is 24.5 Å². The molecule has 10 heteroatoms. The normalized spacial score (nSPS) is 17.4. The third kappa shape index (κ3) is 34.6. The molecular formula is C47H94NO8P. The van der Waals surface area contributed by atoms with Crippen molar-refractivity contribution in [3.8, 4) is 0 Å². The van der Waals surface area contributed by atoms with Gasteiger partial charge in [-0.15, -0.1) is 0 Å². The van der Waals surface area contributed by atoms with Gasteiger partial charge in [-0.25, -0.2) is 4.57 Å². The number of esters is 1.